The van der Waals surface area contributed by atoms with Gasteiger partial charge in [0.15, 0.2) is 5.82 Å². The third kappa shape index (κ3) is 6.96. The second-order valence-electron chi connectivity index (χ2n) is 4.42. The predicted molar refractivity (Wildman–Crippen MR) is 87.6 cm³/mol. The maximum absolute atomic E-state index is 5.36. The van der Waals surface area contributed by atoms with Gasteiger partial charge in [-0.2, -0.15) is 11.8 Å². The van der Waals surface area contributed by atoms with E-state index in [0.29, 0.717) is 19.0 Å². The molecule has 0 radical (unpaired) electrons. The number of ether oxygens (including phenoxy) is 1. The second-order valence-corrected chi connectivity index (χ2v) is 5.41. The molecule has 0 aliphatic heterocycles. The SMILES string of the molecule is CCOCc1nc(NC)cc(NCCCCCSC)n1. The third-order valence-electron chi connectivity index (χ3n) is 2.80. The minimum absolute atomic E-state index is 0.453. The highest BCUT2D eigenvalue weighted by Crippen LogP contribution is 2.12. The summed E-state index contributed by atoms with van der Waals surface area (Å²) in [6.07, 6.45) is 5.85. The molecule has 0 aliphatic carbocycles. The quantitative estimate of drug-likeness (QED) is 0.612. The molecule has 6 heteroatoms. The zero-order valence-electron chi connectivity index (χ0n) is 12.7. The summed E-state index contributed by atoms with van der Waals surface area (Å²) in [6, 6.07) is 1.93. The first-order valence-corrected chi connectivity index (χ1v) is 8.55. The Hall–Kier alpha value is -1.01. The summed E-state index contributed by atoms with van der Waals surface area (Å²) >= 11 is 1.91. The van der Waals surface area contributed by atoms with Crippen molar-refractivity contribution < 1.29 is 4.74 Å². The molecule has 1 aromatic rings. The summed E-state index contributed by atoms with van der Waals surface area (Å²) in [5, 5.41) is 6.41. The van der Waals surface area contributed by atoms with Crippen molar-refractivity contribution in [3.63, 3.8) is 0 Å². The molecular weight excluding hydrogens is 272 g/mol. The van der Waals surface area contributed by atoms with E-state index in [1.165, 1.54) is 25.0 Å². The summed E-state index contributed by atoms with van der Waals surface area (Å²) in [5.41, 5.74) is 0. The molecule has 0 bridgehead atoms. The van der Waals surface area contributed by atoms with Crippen LogP contribution in [0.25, 0.3) is 0 Å². The molecule has 114 valence electrons. The number of thioether (sulfide) groups is 1. The lowest BCUT2D eigenvalue weighted by Crippen LogP contribution is -2.09. The van der Waals surface area contributed by atoms with Crippen molar-refractivity contribution in [3.05, 3.63) is 11.9 Å². The predicted octanol–water partition coefficient (Wildman–Crippen LogP) is 3.00. The summed E-state index contributed by atoms with van der Waals surface area (Å²) in [7, 11) is 1.86. The largest absolute Gasteiger partial charge is 0.374 e. The molecule has 5 nitrogen and oxygen atoms in total. The average molecular weight is 298 g/mol. The van der Waals surface area contributed by atoms with Gasteiger partial charge in [-0.25, -0.2) is 9.97 Å². The molecule has 2 N–H and O–H groups in total. The molecule has 0 amide bonds. The van der Waals surface area contributed by atoms with Gasteiger partial charge in [0, 0.05) is 26.3 Å². The minimum Gasteiger partial charge on any atom is -0.374 e. The number of hydrogen-bond acceptors (Lipinski definition) is 6. The van der Waals surface area contributed by atoms with E-state index >= 15 is 0 Å². The average Bonchev–Trinajstić information content (AvgIpc) is 2.48. The van der Waals surface area contributed by atoms with Crippen LogP contribution >= 0.6 is 11.8 Å². The van der Waals surface area contributed by atoms with Crippen LogP contribution in [0.5, 0.6) is 0 Å². The first kappa shape index (κ1) is 17.0. The number of hydrogen-bond donors (Lipinski definition) is 2. The van der Waals surface area contributed by atoms with Gasteiger partial charge in [-0.15, -0.1) is 0 Å². The third-order valence-corrected chi connectivity index (χ3v) is 3.49. The molecule has 1 rings (SSSR count). The smallest absolute Gasteiger partial charge is 0.158 e. The summed E-state index contributed by atoms with van der Waals surface area (Å²) in [5.74, 6) is 3.64. The summed E-state index contributed by atoms with van der Waals surface area (Å²) < 4.78 is 5.36. The Bertz CT molecular complexity index is 376. The fraction of sp³-hybridized carbons (Fsp3) is 0.714. The van der Waals surface area contributed by atoms with Gasteiger partial charge in [-0.1, -0.05) is 6.42 Å². The Kier molecular flexibility index (Phi) is 9.15. The Morgan fingerprint density at radius 1 is 1.20 bits per heavy atom. The molecule has 0 atom stereocenters. The molecular formula is C14H26N4OS. The van der Waals surface area contributed by atoms with Gasteiger partial charge in [0.25, 0.3) is 0 Å². The topological polar surface area (TPSA) is 59.1 Å². The van der Waals surface area contributed by atoms with Crippen LogP contribution in [0.1, 0.15) is 32.0 Å². The number of nitrogens with zero attached hydrogens (tertiary/aromatic N) is 2. The van der Waals surface area contributed by atoms with Gasteiger partial charge >= 0.3 is 0 Å². The highest BCUT2D eigenvalue weighted by Gasteiger charge is 2.03. The van der Waals surface area contributed by atoms with Gasteiger partial charge in [0.2, 0.25) is 0 Å². The van der Waals surface area contributed by atoms with E-state index < -0.39 is 0 Å². The molecule has 20 heavy (non-hydrogen) atoms. The van der Waals surface area contributed by atoms with Gasteiger partial charge in [0.05, 0.1) is 0 Å². The van der Waals surface area contributed by atoms with E-state index in [2.05, 4.69) is 26.9 Å². The molecule has 0 saturated carbocycles. The molecule has 0 aliphatic rings. The normalized spacial score (nSPS) is 10.6. The number of anilines is 2. The maximum atomic E-state index is 5.36. The Morgan fingerprint density at radius 3 is 2.70 bits per heavy atom. The maximum Gasteiger partial charge on any atom is 0.158 e. The first-order chi connectivity index (χ1) is 9.80. The molecule has 0 fully saturated rings. The van der Waals surface area contributed by atoms with Crippen LogP contribution in [-0.4, -0.2) is 42.2 Å². The Labute approximate surface area is 126 Å². The minimum atomic E-state index is 0.453. The molecule has 1 heterocycles. The standard InChI is InChI=1S/C14H26N4OS/c1-4-19-11-14-17-12(15-2)10-13(18-14)16-8-6-5-7-9-20-3/h10H,4-9,11H2,1-3H3,(H2,15,16,17,18). The molecule has 0 spiro atoms. The highest BCUT2D eigenvalue weighted by molar-refractivity contribution is 7.98. The van der Waals surface area contributed by atoms with Crippen molar-refractivity contribution in [2.24, 2.45) is 0 Å². The molecule has 0 unspecified atom stereocenters. The van der Waals surface area contributed by atoms with E-state index in [1.54, 1.807) is 0 Å². The van der Waals surface area contributed by atoms with Crippen LogP contribution in [0.2, 0.25) is 0 Å². The number of rotatable bonds is 11. The van der Waals surface area contributed by atoms with E-state index in [4.69, 9.17) is 4.74 Å². The van der Waals surface area contributed by atoms with Crippen LogP contribution in [0, 0.1) is 0 Å². The van der Waals surface area contributed by atoms with E-state index in [9.17, 15) is 0 Å². The van der Waals surface area contributed by atoms with E-state index in [-0.39, 0.29) is 0 Å². The van der Waals surface area contributed by atoms with Crippen molar-refractivity contribution in [3.8, 4) is 0 Å². The van der Waals surface area contributed by atoms with Gasteiger partial charge < -0.3 is 15.4 Å². The van der Waals surface area contributed by atoms with E-state index in [0.717, 1.165) is 18.2 Å². The van der Waals surface area contributed by atoms with Gasteiger partial charge in [0.1, 0.15) is 18.2 Å². The van der Waals surface area contributed by atoms with Crippen LogP contribution in [0.4, 0.5) is 11.6 Å². The fourth-order valence-corrected chi connectivity index (χ4v) is 2.23. The lowest BCUT2D eigenvalue weighted by molar-refractivity contribution is 0.128. The van der Waals surface area contributed by atoms with Crippen LogP contribution in [0.15, 0.2) is 6.07 Å². The van der Waals surface area contributed by atoms with Crippen molar-refractivity contribution in [1.29, 1.82) is 0 Å². The lowest BCUT2D eigenvalue weighted by Gasteiger charge is -2.10. The second kappa shape index (κ2) is 10.7. The first-order valence-electron chi connectivity index (χ1n) is 7.16. The van der Waals surface area contributed by atoms with Gasteiger partial charge in [-0.05, 0) is 31.8 Å². The number of aromatic nitrogens is 2. The molecule has 0 saturated heterocycles. The number of nitrogens with one attached hydrogen (secondary N) is 2. The lowest BCUT2D eigenvalue weighted by atomic mass is 10.2. The zero-order chi connectivity index (χ0) is 14.6. The van der Waals surface area contributed by atoms with E-state index in [1.807, 2.05) is 31.8 Å². The Morgan fingerprint density at radius 2 is 2.00 bits per heavy atom. The highest BCUT2D eigenvalue weighted by atomic mass is 32.2. The van der Waals surface area contributed by atoms with Crippen molar-refractivity contribution in [2.75, 3.05) is 42.8 Å². The number of unbranched alkanes of at least 4 members (excludes halogenated alkanes) is 2. The van der Waals surface area contributed by atoms with Crippen molar-refractivity contribution in [2.45, 2.75) is 32.8 Å². The summed E-state index contributed by atoms with van der Waals surface area (Å²) in [4.78, 5) is 8.83. The Balaban J connectivity index is 2.42. The van der Waals surface area contributed by atoms with Crippen LogP contribution < -0.4 is 10.6 Å². The van der Waals surface area contributed by atoms with Crippen molar-refractivity contribution >= 4 is 23.4 Å². The molecule has 0 aromatic carbocycles. The molecule has 1 aromatic heterocycles. The summed E-state index contributed by atoms with van der Waals surface area (Å²) in [6.45, 7) is 4.04. The monoisotopic (exact) mass is 298 g/mol. The fourth-order valence-electron chi connectivity index (χ4n) is 1.74. The van der Waals surface area contributed by atoms with Crippen molar-refractivity contribution in [1.82, 2.24) is 9.97 Å². The van der Waals surface area contributed by atoms with Crippen LogP contribution in [0.3, 0.4) is 0 Å². The zero-order valence-corrected chi connectivity index (χ0v) is 13.6. The van der Waals surface area contributed by atoms with Gasteiger partial charge in [-0.3, -0.25) is 0 Å². The van der Waals surface area contributed by atoms with Crippen LogP contribution in [-0.2, 0) is 11.3 Å².